The third-order valence-corrected chi connectivity index (χ3v) is 4.71. The largest absolute Gasteiger partial charge is 0.309 e. The molecule has 0 aliphatic heterocycles. The molecule has 1 aromatic heterocycles. The lowest BCUT2D eigenvalue weighted by molar-refractivity contribution is 0.556. The van der Waals surface area contributed by atoms with Gasteiger partial charge in [-0.15, -0.1) is 0 Å². The number of benzene rings is 1. The zero-order chi connectivity index (χ0) is 14.9. The van der Waals surface area contributed by atoms with Crippen molar-refractivity contribution in [2.45, 2.75) is 32.6 Å². The Kier molecular flexibility index (Phi) is 4.69. The Morgan fingerprint density at radius 3 is 2.55 bits per heavy atom. The van der Waals surface area contributed by atoms with E-state index in [0.717, 1.165) is 15.7 Å². The second-order valence-electron chi connectivity index (χ2n) is 5.69. The Bertz CT molecular complexity index is 689. The first kappa shape index (κ1) is 15.7. The van der Waals surface area contributed by atoms with E-state index in [1.54, 1.807) is 0 Å². The quantitative estimate of drug-likeness (QED) is 0.708. The van der Waals surface area contributed by atoms with Crippen LogP contribution in [0.1, 0.15) is 37.9 Å². The standard InChI is InChI=1S/C15H16BrIN2O/c1-15(2,3)13-12(17)14(20)19-11(18-13)8-9-6-4-5-7-10(9)16/h4-7H,8H2,1-3H3,(H,18,19,20). The molecule has 20 heavy (non-hydrogen) atoms. The summed E-state index contributed by atoms with van der Waals surface area (Å²) in [4.78, 5) is 19.6. The molecule has 5 heteroatoms. The van der Waals surface area contributed by atoms with E-state index in [9.17, 15) is 4.79 Å². The molecule has 0 amide bonds. The lowest BCUT2D eigenvalue weighted by Gasteiger charge is -2.19. The van der Waals surface area contributed by atoms with E-state index in [-0.39, 0.29) is 11.0 Å². The van der Waals surface area contributed by atoms with Gasteiger partial charge in [0.25, 0.3) is 5.56 Å². The molecule has 1 N–H and O–H groups in total. The minimum absolute atomic E-state index is 0.0624. The molecule has 0 atom stereocenters. The van der Waals surface area contributed by atoms with E-state index in [1.165, 1.54) is 0 Å². The second-order valence-corrected chi connectivity index (χ2v) is 7.63. The maximum atomic E-state index is 12.1. The Morgan fingerprint density at radius 1 is 1.30 bits per heavy atom. The maximum absolute atomic E-state index is 12.1. The molecule has 0 unspecified atom stereocenters. The van der Waals surface area contributed by atoms with E-state index in [4.69, 9.17) is 0 Å². The summed E-state index contributed by atoms with van der Waals surface area (Å²) in [5.74, 6) is 0.701. The number of nitrogens with one attached hydrogen (secondary N) is 1. The molecule has 1 heterocycles. The molecular formula is C15H16BrIN2O. The van der Waals surface area contributed by atoms with Crippen LogP contribution in [0.4, 0.5) is 0 Å². The fourth-order valence-electron chi connectivity index (χ4n) is 1.91. The van der Waals surface area contributed by atoms with E-state index in [2.05, 4.69) is 69.3 Å². The lowest BCUT2D eigenvalue weighted by atomic mass is 9.92. The maximum Gasteiger partial charge on any atom is 0.264 e. The number of hydrogen-bond acceptors (Lipinski definition) is 2. The van der Waals surface area contributed by atoms with Gasteiger partial charge in [-0.3, -0.25) is 4.79 Å². The van der Waals surface area contributed by atoms with Crippen molar-refractivity contribution in [2.24, 2.45) is 0 Å². The minimum atomic E-state index is -0.145. The van der Waals surface area contributed by atoms with Crippen molar-refractivity contribution in [1.29, 1.82) is 0 Å². The topological polar surface area (TPSA) is 45.8 Å². The van der Waals surface area contributed by atoms with Crippen LogP contribution in [0, 0.1) is 3.57 Å². The summed E-state index contributed by atoms with van der Waals surface area (Å²) in [6, 6.07) is 7.97. The molecule has 106 valence electrons. The molecule has 0 aliphatic rings. The highest BCUT2D eigenvalue weighted by Crippen LogP contribution is 2.24. The van der Waals surface area contributed by atoms with Gasteiger partial charge in [0.05, 0.1) is 5.69 Å². The lowest BCUT2D eigenvalue weighted by Crippen LogP contribution is -2.25. The molecule has 0 fully saturated rings. The van der Waals surface area contributed by atoms with Crippen LogP contribution in [0.5, 0.6) is 0 Å². The summed E-state index contributed by atoms with van der Waals surface area (Å²) in [7, 11) is 0. The Morgan fingerprint density at radius 2 is 1.95 bits per heavy atom. The Hall–Kier alpha value is -0.690. The average molecular weight is 447 g/mol. The second kappa shape index (κ2) is 5.97. The number of aromatic nitrogens is 2. The first-order chi connectivity index (χ1) is 9.29. The fraction of sp³-hybridized carbons (Fsp3) is 0.333. The highest BCUT2D eigenvalue weighted by molar-refractivity contribution is 14.1. The SMILES string of the molecule is CC(C)(C)c1nc(Cc2ccccc2Br)[nH]c(=O)c1I. The van der Waals surface area contributed by atoms with Gasteiger partial charge in [0, 0.05) is 16.3 Å². The summed E-state index contributed by atoms with van der Waals surface area (Å²) in [6.07, 6.45) is 0.608. The van der Waals surface area contributed by atoms with Crippen molar-refractivity contribution in [3.63, 3.8) is 0 Å². The van der Waals surface area contributed by atoms with Crippen LogP contribution in [-0.4, -0.2) is 9.97 Å². The molecule has 2 rings (SSSR count). The predicted octanol–water partition coefficient (Wildman–Crippen LogP) is 4.03. The van der Waals surface area contributed by atoms with E-state index < -0.39 is 0 Å². The van der Waals surface area contributed by atoms with Gasteiger partial charge < -0.3 is 4.98 Å². The minimum Gasteiger partial charge on any atom is -0.309 e. The number of aromatic amines is 1. The van der Waals surface area contributed by atoms with Crippen LogP contribution < -0.4 is 5.56 Å². The zero-order valence-corrected chi connectivity index (χ0v) is 15.4. The van der Waals surface area contributed by atoms with Crippen molar-refractivity contribution >= 4 is 38.5 Å². The third kappa shape index (κ3) is 3.49. The van der Waals surface area contributed by atoms with Gasteiger partial charge in [-0.1, -0.05) is 54.9 Å². The number of halogens is 2. The summed E-state index contributed by atoms with van der Waals surface area (Å²) in [5.41, 5.74) is 1.75. The predicted molar refractivity (Wildman–Crippen MR) is 93.2 cm³/mol. The average Bonchev–Trinajstić information content (AvgIpc) is 2.35. The van der Waals surface area contributed by atoms with Crippen LogP contribution in [0.25, 0.3) is 0 Å². The van der Waals surface area contributed by atoms with Gasteiger partial charge in [0.1, 0.15) is 9.39 Å². The molecule has 0 radical (unpaired) electrons. The molecule has 0 saturated heterocycles. The number of hydrogen-bond donors (Lipinski definition) is 1. The van der Waals surface area contributed by atoms with Gasteiger partial charge in [-0.2, -0.15) is 0 Å². The summed E-state index contributed by atoms with van der Waals surface area (Å²) < 4.78 is 1.70. The Balaban J connectivity index is 2.47. The molecule has 3 nitrogen and oxygen atoms in total. The van der Waals surface area contributed by atoms with Crippen molar-refractivity contribution in [1.82, 2.24) is 9.97 Å². The van der Waals surface area contributed by atoms with E-state index in [1.807, 2.05) is 24.3 Å². The number of nitrogens with zero attached hydrogens (tertiary/aromatic N) is 1. The monoisotopic (exact) mass is 446 g/mol. The van der Waals surface area contributed by atoms with Gasteiger partial charge in [0.2, 0.25) is 0 Å². The van der Waals surface area contributed by atoms with Crippen molar-refractivity contribution in [3.05, 3.63) is 59.7 Å². The van der Waals surface area contributed by atoms with Gasteiger partial charge >= 0.3 is 0 Å². The smallest absolute Gasteiger partial charge is 0.264 e. The summed E-state index contributed by atoms with van der Waals surface area (Å²) in [6.45, 7) is 6.21. The van der Waals surface area contributed by atoms with Crippen LogP contribution in [-0.2, 0) is 11.8 Å². The molecule has 2 aromatic rings. The first-order valence-electron chi connectivity index (χ1n) is 6.31. The fourth-order valence-corrected chi connectivity index (χ4v) is 3.40. The molecule has 0 saturated carbocycles. The third-order valence-electron chi connectivity index (χ3n) is 2.94. The van der Waals surface area contributed by atoms with Crippen molar-refractivity contribution in [3.8, 4) is 0 Å². The molecular weight excluding hydrogens is 431 g/mol. The number of H-pyrrole nitrogens is 1. The van der Waals surface area contributed by atoms with Gasteiger partial charge in [-0.05, 0) is 34.2 Å². The van der Waals surface area contributed by atoms with Gasteiger partial charge in [0.15, 0.2) is 0 Å². The highest BCUT2D eigenvalue weighted by Gasteiger charge is 2.22. The zero-order valence-electron chi connectivity index (χ0n) is 11.6. The molecule has 1 aromatic carbocycles. The van der Waals surface area contributed by atoms with Crippen LogP contribution in [0.15, 0.2) is 33.5 Å². The molecule has 0 aliphatic carbocycles. The van der Waals surface area contributed by atoms with Crippen molar-refractivity contribution in [2.75, 3.05) is 0 Å². The first-order valence-corrected chi connectivity index (χ1v) is 8.19. The summed E-state index contributed by atoms with van der Waals surface area (Å²) in [5, 5.41) is 0. The highest BCUT2D eigenvalue weighted by atomic mass is 127. The van der Waals surface area contributed by atoms with E-state index in [0.29, 0.717) is 15.8 Å². The number of rotatable bonds is 2. The van der Waals surface area contributed by atoms with E-state index >= 15 is 0 Å². The van der Waals surface area contributed by atoms with Gasteiger partial charge in [-0.25, -0.2) is 4.98 Å². The Labute approximate surface area is 140 Å². The molecule has 0 spiro atoms. The van der Waals surface area contributed by atoms with Crippen LogP contribution in [0.3, 0.4) is 0 Å². The molecule has 0 bridgehead atoms. The van der Waals surface area contributed by atoms with Crippen LogP contribution in [0.2, 0.25) is 0 Å². The van der Waals surface area contributed by atoms with Crippen LogP contribution >= 0.6 is 38.5 Å². The van der Waals surface area contributed by atoms with Crippen molar-refractivity contribution < 1.29 is 0 Å². The summed E-state index contributed by atoms with van der Waals surface area (Å²) >= 11 is 5.59. The normalized spacial score (nSPS) is 11.7.